The Kier molecular flexibility index (Phi) is 8.13. The minimum Gasteiger partial charge on any atom is -0.480 e. The van der Waals surface area contributed by atoms with E-state index >= 15 is 0 Å². The van der Waals surface area contributed by atoms with Crippen molar-refractivity contribution in [2.45, 2.75) is 58.1 Å². The summed E-state index contributed by atoms with van der Waals surface area (Å²) in [5.74, 6) is -0.452. The number of carbonyl (C=O) groups is 2. The second-order valence-corrected chi connectivity index (χ2v) is 9.62. The van der Waals surface area contributed by atoms with E-state index in [0.717, 1.165) is 31.2 Å². The fourth-order valence-corrected chi connectivity index (χ4v) is 3.99. The van der Waals surface area contributed by atoms with Crippen molar-refractivity contribution in [3.63, 3.8) is 0 Å². The molecule has 8 nitrogen and oxygen atoms in total. The number of aromatic nitrogens is 2. The van der Waals surface area contributed by atoms with Gasteiger partial charge in [-0.25, -0.2) is 9.78 Å². The van der Waals surface area contributed by atoms with Gasteiger partial charge in [-0.05, 0) is 64.2 Å². The minimum absolute atomic E-state index is 0.181. The van der Waals surface area contributed by atoms with Crippen LogP contribution in [0.2, 0.25) is 5.02 Å². The molecular weight excluding hydrogens is 444 g/mol. The van der Waals surface area contributed by atoms with Gasteiger partial charge >= 0.3 is 12.1 Å². The van der Waals surface area contributed by atoms with Gasteiger partial charge in [-0.15, -0.1) is 0 Å². The lowest BCUT2D eigenvalue weighted by Gasteiger charge is -2.29. The smallest absolute Gasteiger partial charge is 0.410 e. The summed E-state index contributed by atoms with van der Waals surface area (Å²) in [5.41, 5.74) is 1.19. The number of carbonyl (C=O) groups excluding carboxylic acids is 1. The van der Waals surface area contributed by atoms with Crippen LogP contribution in [0.4, 0.5) is 10.6 Å². The van der Waals surface area contributed by atoms with Gasteiger partial charge in [0.15, 0.2) is 0 Å². The van der Waals surface area contributed by atoms with Crippen molar-refractivity contribution in [3.8, 4) is 0 Å². The summed E-state index contributed by atoms with van der Waals surface area (Å²) in [5, 5.41) is 10.1. The number of rotatable bonds is 8. The molecule has 1 aliphatic heterocycles. The Morgan fingerprint density at radius 2 is 1.97 bits per heavy atom. The first kappa shape index (κ1) is 24.8. The zero-order valence-corrected chi connectivity index (χ0v) is 20.1. The highest BCUT2D eigenvalue weighted by atomic mass is 35.5. The Hall–Kier alpha value is -2.87. The molecule has 1 saturated heterocycles. The van der Waals surface area contributed by atoms with E-state index in [1.165, 1.54) is 0 Å². The summed E-state index contributed by atoms with van der Waals surface area (Å²) in [6, 6.07) is 7.39. The first-order valence-corrected chi connectivity index (χ1v) is 11.5. The van der Waals surface area contributed by atoms with E-state index in [1.54, 1.807) is 22.2 Å². The Morgan fingerprint density at radius 1 is 1.24 bits per heavy atom. The number of amides is 1. The van der Waals surface area contributed by atoms with Crippen LogP contribution in [0.25, 0.3) is 0 Å². The first-order chi connectivity index (χ1) is 15.6. The van der Waals surface area contributed by atoms with Crippen molar-refractivity contribution in [2.75, 3.05) is 24.5 Å². The van der Waals surface area contributed by atoms with E-state index in [0.29, 0.717) is 29.6 Å². The third kappa shape index (κ3) is 7.32. The molecule has 1 amide bonds. The second kappa shape index (κ2) is 10.8. The van der Waals surface area contributed by atoms with Crippen molar-refractivity contribution >= 4 is 29.5 Å². The maximum Gasteiger partial charge on any atom is 0.410 e. The molecule has 1 aromatic carbocycles. The number of hydrogen-bond donors (Lipinski definition) is 1. The third-order valence-corrected chi connectivity index (χ3v) is 5.57. The number of hydrogen-bond acceptors (Lipinski definition) is 6. The highest BCUT2D eigenvalue weighted by molar-refractivity contribution is 6.30. The monoisotopic (exact) mass is 474 g/mol. The van der Waals surface area contributed by atoms with E-state index in [-0.39, 0.29) is 18.7 Å². The molecule has 1 atom stereocenters. The van der Waals surface area contributed by atoms with Gasteiger partial charge in [0.05, 0.1) is 24.1 Å². The highest BCUT2D eigenvalue weighted by Crippen LogP contribution is 2.32. The van der Waals surface area contributed by atoms with Crippen molar-refractivity contribution in [1.82, 2.24) is 14.9 Å². The highest BCUT2D eigenvalue weighted by Gasteiger charge is 2.34. The molecule has 1 N–H and O–H groups in total. The van der Waals surface area contributed by atoms with Crippen LogP contribution in [0.1, 0.15) is 57.3 Å². The van der Waals surface area contributed by atoms with Crippen molar-refractivity contribution in [2.24, 2.45) is 0 Å². The molecule has 1 unspecified atom stereocenters. The number of nitrogens with zero attached hydrogens (tertiary/aromatic N) is 4. The number of ether oxygens (including phenoxy) is 1. The van der Waals surface area contributed by atoms with E-state index in [9.17, 15) is 14.7 Å². The average molecular weight is 475 g/mol. The van der Waals surface area contributed by atoms with Crippen LogP contribution in [-0.4, -0.2) is 57.3 Å². The summed E-state index contributed by atoms with van der Waals surface area (Å²) < 4.78 is 5.55. The Balaban J connectivity index is 1.72. The normalized spacial score (nSPS) is 16.0. The summed E-state index contributed by atoms with van der Waals surface area (Å²) in [4.78, 5) is 36.6. The van der Waals surface area contributed by atoms with Gasteiger partial charge in [0.25, 0.3) is 0 Å². The van der Waals surface area contributed by atoms with Crippen LogP contribution in [0.3, 0.4) is 0 Å². The molecule has 0 spiro atoms. The average Bonchev–Trinajstić information content (AvgIpc) is 3.23. The zero-order chi connectivity index (χ0) is 24.0. The summed E-state index contributed by atoms with van der Waals surface area (Å²) in [6.45, 7) is 6.43. The Bertz CT molecular complexity index is 962. The molecule has 2 aromatic rings. The minimum atomic E-state index is -0.940. The number of anilines is 1. The predicted octanol–water partition coefficient (Wildman–Crippen LogP) is 4.73. The van der Waals surface area contributed by atoms with Crippen molar-refractivity contribution in [1.29, 1.82) is 0 Å². The van der Waals surface area contributed by atoms with Crippen molar-refractivity contribution < 1.29 is 19.4 Å². The molecule has 2 heterocycles. The lowest BCUT2D eigenvalue weighted by Crippen LogP contribution is -2.37. The van der Waals surface area contributed by atoms with Gasteiger partial charge in [0.1, 0.15) is 18.0 Å². The number of halogens is 1. The van der Waals surface area contributed by atoms with Crippen LogP contribution < -0.4 is 4.90 Å². The molecule has 1 aliphatic rings. The van der Waals surface area contributed by atoms with Crippen LogP contribution in [0.5, 0.6) is 0 Å². The number of likely N-dealkylation sites (tertiary alicyclic amines) is 1. The SMILES string of the molecule is CC(C)(C)OC(=O)N1CCCC1c1cncc(N(CCCc2ccc(Cl)cc2)CC(=O)O)n1. The van der Waals surface area contributed by atoms with Crippen molar-refractivity contribution in [3.05, 3.63) is 52.9 Å². The van der Waals surface area contributed by atoms with Gasteiger partial charge < -0.3 is 14.7 Å². The van der Waals surface area contributed by atoms with Gasteiger partial charge in [-0.3, -0.25) is 14.7 Å². The molecule has 3 rings (SSSR count). The van der Waals surface area contributed by atoms with Gasteiger partial charge in [0, 0.05) is 18.1 Å². The third-order valence-electron chi connectivity index (χ3n) is 5.32. The molecule has 9 heteroatoms. The van der Waals surface area contributed by atoms with Crippen LogP contribution >= 0.6 is 11.6 Å². The number of carboxylic acid groups (broad SMARTS) is 1. The maximum atomic E-state index is 12.7. The molecule has 0 bridgehead atoms. The molecule has 33 heavy (non-hydrogen) atoms. The number of aryl methyl sites for hydroxylation is 1. The predicted molar refractivity (Wildman–Crippen MR) is 127 cm³/mol. The molecule has 178 valence electrons. The van der Waals surface area contributed by atoms with Gasteiger partial charge in [0.2, 0.25) is 0 Å². The van der Waals surface area contributed by atoms with E-state index in [2.05, 4.69) is 4.98 Å². The first-order valence-electron chi connectivity index (χ1n) is 11.1. The Morgan fingerprint density at radius 3 is 2.64 bits per heavy atom. The quantitative estimate of drug-likeness (QED) is 0.591. The van der Waals surface area contributed by atoms with E-state index in [4.69, 9.17) is 21.3 Å². The Labute approximate surface area is 199 Å². The summed E-state index contributed by atoms with van der Waals surface area (Å²) in [6.07, 6.45) is 5.97. The standard InChI is InChI=1S/C24H31ClN4O4/c1-24(2,3)33-23(32)29-13-5-7-20(29)19-14-26-15-21(27-19)28(16-22(30)31)12-4-6-17-8-10-18(25)11-9-17/h8-11,14-15,20H,4-7,12-13,16H2,1-3H3,(H,30,31). The fraction of sp³-hybridized carbons (Fsp3) is 0.500. The van der Waals surface area contributed by atoms with Crippen LogP contribution in [0, 0.1) is 0 Å². The number of carboxylic acids is 1. The lowest BCUT2D eigenvalue weighted by molar-refractivity contribution is -0.135. The zero-order valence-electron chi connectivity index (χ0n) is 19.3. The molecule has 0 saturated carbocycles. The fourth-order valence-electron chi connectivity index (χ4n) is 3.86. The molecule has 1 fully saturated rings. The molecule has 0 aliphatic carbocycles. The molecule has 0 radical (unpaired) electrons. The van der Waals surface area contributed by atoms with E-state index < -0.39 is 11.6 Å². The van der Waals surface area contributed by atoms with Gasteiger partial charge in [-0.1, -0.05) is 23.7 Å². The molecular formula is C24H31ClN4O4. The second-order valence-electron chi connectivity index (χ2n) is 9.18. The number of aliphatic carboxylic acids is 1. The maximum absolute atomic E-state index is 12.7. The summed E-state index contributed by atoms with van der Waals surface area (Å²) in [7, 11) is 0. The lowest BCUT2D eigenvalue weighted by atomic mass is 10.1. The number of benzene rings is 1. The topological polar surface area (TPSA) is 95.9 Å². The van der Waals surface area contributed by atoms with Gasteiger partial charge in [-0.2, -0.15) is 0 Å². The van der Waals surface area contributed by atoms with E-state index in [1.807, 2.05) is 45.0 Å². The molecule has 1 aromatic heterocycles. The van der Waals surface area contributed by atoms with Crippen LogP contribution in [0.15, 0.2) is 36.7 Å². The largest absolute Gasteiger partial charge is 0.480 e. The summed E-state index contributed by atoms with van der Waals surface area (Å²) >= 11 is 5.94. The van der Waals surface area contributed by atoms with Crippen LogP contribution in [-0.2, 0) is 16.0 Å².